The monoisotopic (exact) mass is 368 g/mol. The maximum atomic E-state index is 12.2. The lowest BCUT2D eigenvalue weighted by Crippen LogP contribution is -2.14. The fourth-order valence-corrected chi connectivity index (χ4v) is 2.88. The maximum absolute atomic E-state index is 12.2. The summed E-state index contributed by atoms with van der Waals surface area (Å²) < 4.78 is 27.7. The Labute approximate surface area is 131 Å². The number of pyridine rings is 1. The summed E-state index contributed by atoms with van der Waals surface area (Å²) >= 11 is 3.30. The third-order valence-electron chi connectivity index (χ3n) is 2.86. The maximum Gasteiger partial charge on any atom is 0.263 e. The number of ketones is 1. The molecule has 0 unspecified atom stereocenters. The molecule has 2 rings (SSSR count). The number of Topliss-reactive ketones (excluding diaryl/α,β-unsaturated/α-hetero) is 1. The highest BCUT2D eigenvalue weighted by atomic mass is 79.9. The van der Waals surface area contributed by atoms with E-state index in [1.165, 1.54) is 37.4 Å². The Bertz CT molecular complexity index is 786. The van der Waals surface area contributed by atoms with Crippen LogP contribution >= 0.6 is 15.9 Å². The molecule has 0 spiro atoms. The van der Waals surface area contributed by atoms with E-state index in [9.17, 15) is 13.2 Å². The van der Waals surface area contributed by atoms with Gasteiger partial charge in [-0.2, -0.15) is 0 Å². The van der Waals surface area contributed by atoms with Gasteiger partial charge in [-0.25, -0.2) is 13.4 Å². The molecule has 0 amide bonds. The number of hydrogen-bond acceptors (Lipinski definition) is 4. The zero-order valence-electron chi connectivity index (χ0n) is 11.4. The van der Waals surface area contributed by atoms with E-state index in [1.54, 1.807) is 6.07 Å². The van der Waals surface area contributed by atoms with Crippen molar-refractivity contribution in [2.75, 3.05) is 4.72 Å². The van der Waals surface area contributed by atoms with Crippen molar-refractivity contribution in [3.05, 3.63) is 52.1 Å². The number of rotatable bonds is 4. The van der Waals surface area contributed by atoms with Crippen molar-refractivity contribution in [3.63, 3.8) is 0 Å². The van der Waals surface area contributed by atoms with Gasteiger partial charge in [-0.15, -0.1) is 0 Å². The Hall–Kier alpha value is -1.73. The first-order valence-corrected chi connectivity index (χ1v) is 8.33. The van der Waals surface area contributed by atoms with Crippen molar-refractivity contribution >= 4 is 37.6 Å². The second-order valence-electron chi connectivity index (χ2n) is 4.50. The van der Waals surface area contributed by atoms with Gasteiger partial charge in [0.05, 0.1) is 4.90 Å². The zero-order valence-corrected chi connectivity index (χ0v) is 13.8. The minimum absolute atomic E-state index is 0.0786. The van der Waals surface area contributed by atoms with E-state index in [1.807, 2.05) is 6.92 Å². The van der Waals surface area contributed by atoms with Gasteiger partial charge in [-0.05, 0) is 53.5 Å². The summed E-state index contributed by atoms with van der Waals surface area (Å²) in [6.07, 6.45) is 1.53. The van der Waals surface area contributed by atoms with Crippen LogP contribution in [0.5, 0.6) is 0 Å². The summed E-state index contributed by atoms with van der Waals surface area (Å²) in [5.74, 6) is 0.128. The molecule has 5 nitrogen and oxygen atoms in total. The molecule has 2 aromatic rings. The lowest BCUT2D eigenvalue weighted by atomic mass is 10.2. The zero-order chi connectivity index (χ0) is 15.6. The van der Waals surface area contributed by atoms with Crippen LogP contribution in [0.1, 0.15) is 22.8 Å². The minimum atomic E-state index is -3.72. The number of nitrogens with one attached hydrogen (secondary N) is 1. The summed E-state index contributed by atoms with van der Waals surface area (Å²) in [7, 11) is -3.72. The third kappa shape index (κ3) is 3.68. The molecule has 1 aromatic heterocycles. The molecular formula is C14H13BrN2O3S. The quantitative estimate of drug-likeness (QED) is 0.840. The Balaban J connectivity index is 2.29. The van der Waals surface area contributed by atoms with E-state index in [0.29, 0.717) is 5.56 Å². The molecule has 110 valence electrons. The van der Waals surface area contributed by atoms with Crippen LogP contribution in [-0.4, -0.2) is 19.2 Å². The van der Waals surface area contributed by atoms with Gasteiger partial charge in [0.1, 0.15) is 5.82 Å². The number of aromatic nitrogens is 1. The van der Waals surface area contributed by atoms with Crippen molar-refractivity contribution in [1.82, 2.24) is 4.98 Å². The van der Waals surface area contributed by atoms with Gasteiger partial charge in [-0.1, -0.05) is 12.1 Å². The van der Waals surface area contributed by atoms with Gasteiger partial charge in [0, 0.05) is 16.2 Å². The average molecular weight is 369 g/mol. The molecule has 0 aliphatic rings. The Morgan fingerprint density at radius 1 is 1.24 bits per heavy atom. The topological polar surface area (TPSA) is 76.1 Å². The van der Waals surface area contributed by atoms with Gasteiger partial charge in [0.2, 0.25) is 0 Å². The van der Waals surface area contributed by atoms with Crippen LogP contribution in [-0.2, 0) is 10.0 Å². The van der Waals surface area contributed by atoms with Crippen molar-refractivity contribution in [1.29, 1.82) is 0 Å². The molecule has 0 bridgehead atoms. The van der Waals surface area contributed by atoms with Crippen LogP contribution in [0, 0.1) is 6.92 Å². The first-order chi connectivity index (χ1) is 9.79. The Morgan fingerprint density at radius 3 is 2.38 bits per heavy atom. The van der Waals surface area contributed by atoms with Crippen molar-refractivity contribution in [3.8, 4) is 0 Å². The van der Waals surface area contributed by atoms with E-state index < -0.39 is 10.0 Å². The first-order valence-electron chi connectivity index (χ1n) is 6.05. The number of halogens is 1. The molecule has 0 aliphatic heterocycles. The number of carbonyl (C=O) groups excluding carboxylic acids is 1. The number of anilines is 1. The van der Waals surface area contributed by atoms with E-state index in [0.717, 1.165) is 10.0 Å². The van der Waals surface area contributed by atoms with E-state index in [2.05, 4.69) is 25.6 Å². The fourth-order valence-electron chi connectivity index (χ4n) is 1.66. The van der Waals surface area contributed by atoms with Crippen molar-refractivity contribution in [2.45, 2.75) is 18.7 Å². The van der Waals surface area contributed by atoms with Gasteiger partial charge in [0.25, 0.3) is 10.0 Å². The molecule has 0 saturated heterocycles. The summed E-state index contributed by atoms with van der Waals surface area (Å²) in [4.78, 5) is 15.3. The molecule has 0 radical (unpaired) electrons. The number of sulfonamides is 1. The van der Waals surface area contributed by atoms with Gasteiger partial charge in [-0.3, -0.25) is 9.52 Å². The number of benzene rings is 1. The van der Waals surface area contributed by atoms with Gasteiger partial charge >= 0.3 is 0 Å². The predicted molar refractivity (Wildman–Crippen MR) is 83.9 cm³/mol. The van der Waals surface area contributed by atoms with E-state index in [-0.39, 0.29) is 16.5 Å². The average Bonchev–Trinajstić information content (AvgIpc) is 2.43. The lowest BCUT2D eigenvalue weighted by Gasteiger charge is -2.08. The molecule has 0 aliphatic carbocycles. The Kier molecular flexibility index (Phi) is 4.43. The second kappa shape index (κ2) is 5.95. The number of hydrogen-bond donors (Lipinski definition) is 1. The molecule has 7 heteroatoms. The van der Waals surface area contributed by atoms with Crippen LogP contribution < -0.4 is 4.72 Å². The van der Waals surface area contributed by atoms with Crippen molar-refractivity contribution in [2.24, 2.45) is 0 Å². The smallest absolute Gasteiger partial charge is 0.263 e. The predicted octanol–water partition coefficient (Wildman–Crippen LogP) is 3.16. The number of nitrogens with zero attached hydrogens (tertiary/aromatic N) is 1. The number of aryl methyl sites for hydroxylation is 1. The molecule has 0 fully saturated rings. The molecule has 0 atom stereocenters. The summed E-state index contributed by atoms with van der Waals surface area (Å²) in [6, 6.07) is 7.38. The van der Waals surface area contributed by atoms with Gasteiger partial charge < -0.3 is 0 Å². The SMILES string of the molecule is CC(=O)c1ccc(S(=O)(=O)Nc2cc(C)c(Br)cn2)cc1. The molecule has 21 heavy (non-hydrogen) atoms. The number of carbonyl (C=O) groups is 1. The van der Waals surface area contributed by atoms with Crippen LogP contribution in [0.4, 0.5) is 5.82 Å². The highest BCUT2D eigenvalue weighted by Gasteiger charge is 2.15. The highest BCUT2D eigenvalue weighted by Crippen LogP contribution is 2.20. The first kappa shape index (κ1) is 15.7. The largest absolute Gasteiger partial charge is 0.295 e. The lowest BCUT2D eigenvalue weighted by molar-refractivity contribution is 0.101. The molecule has 1 aromatic carbocycles. The molecule has 1 N–H and O–H groups in total. The normalized spacial score (nSPS) is 11.2. The van der Waals surface area contributed by atoms with E-state index in [4.69, 9.17) is 0 Å². The standard InChI is InChI=1S/C14H13BrN2O3S/c1-9-7-14(16-8-13(9)15)17-21(19,20)12-5-3-11(4-6-12)10(2)18/h3-8H,1-2H3,(H,16,17). The highest BCUT2D eigenvalue weighted by molar-refractivity contribution is 9.10. The molecule has 0 saturated carbocycles. The minimum Gasteiger partial charge on any atom is -0.295 e. The molecular weight excluding hydrogens is 356 g/mol. The van der Waals surface area contributed by atoms with Crippen LogP contribution in [0.3, 0.4) is 0 Å². The Morgan fingerprint density at radius 2 is 1.86 bits per heavy atom. The molecule has 1 heterocycles. The summed E-state index contributed by atoms with van der Waals surface area (Å²) in [6.45, 7) is 3.27. The van der Waals surface area contributed by atoms with E-state index >= 15 is 0 Å². The third-order valence-corrected chi connectivity index (χ3v) is 5.06. The van der Waals surface area contributed by atoms with Crippen LogP contribution in [0.2, 0.25) is 0 Å². The summed E-state index contributed by atoms with van der Waals surface area (Å²) in [5, 5.41) is 0. The fraction of sp³-hybridized carbons (Fsp3) is 0.143. The van der Waals surface area contributed by atoms with Crippen molar-refractivity contribution < 1.29 is 13.2 Å². The summed E-state index contributed by atoms with van der Waals surface area (Å²) in [5.41, 5.74) is 1.33. The van der Waals surface area contributed by atoms with Crippen LogP contribution in [0.25, 0.3) is 0 Å². The van der Waals surface area contributed by atoms with Crippen LogP contribution in [0.15, 0.2) is 45.9 Å². The second-order valence-corrected chi connectivity index (χ2v) is 7.04. The van der Waals surface area contributed by atoms with Gasteiger partial charge in [0.15, 0.2) is 5.78 Å².